The van der Waals surface area contributed by atoms with Crippen molar-refractivity contribution in [2.24, 2.45) is 0 Å². The van der Waals surface area contributed by atoms with Crippen molar-refractivity contribution >= 4 is 6.03 Å². The molecule has 0 radical (unpaired) electrons. The van der Waals surface area contributed by atoms with Crippen molar-refractivity contribution in [2.45, 2.75) is 19.9 Å². The number of hydrogen-bond donors (Lipinski definition) is 1. The van der Waals surface area contributed by atoms with Gasteiger partial charge in [0.25, 0.3) is 0 Å². The summed E-state index contributed by atoms with van der Waals surface area (Å²) in [6, 6.07) is 6.75. The van der Waals surface area contributed by atoms with Crippen molar-refractivity contribution in [1.82, 2.24) is 15.1 Å². The molecule has 1 unspecified atom stereocenters. The van der Waals surface area contributed by atoms with Crippen LogP contribution in [0.1, 0.15) is 22.7 Å². The van der Waals surface area contributed by atoms with Crippen molar-refractivity contribution in [3.05, 3.63) is 34.9 Å². The third-order valence-corrected chi connectivity index (χ3v) is 3.86. The second kappa shape index (κ2) is 5.61. The van der Waals surface area contributed by atoms with E-state index in [-0.39, 0.29) is 12.1 Å². The lowest BCUT2D eigenvalue weighted by Crippen LogP contribution is -2.34. The van der Waals surface area contributed by atoms with Crippen molar-refractivity contribution in [3.8, 4) is 0 Å². The molecule has 1 N–H and O–H groups in total. The zero-order valence-corrected chi connectivity index (χ0v) is 12.2. The minimum Gasteiger partial charge on any atom is -0.321 e. The van der Waals surface area contributed by atoms with E-state index in [4.69, 9.17) is 0 Å². The maximum absolute atomic E-state index is 12.2. The van der Waals surface area contributed by atoms with E-state index in [0.717, 1.165) is 19.6 Å². The molecule has 1 aliphatic heterocycles. The Morgan fingerprint density at radius 3 is 2.79 bits per heavy atom. The summed E-state index contributed by atoms with van der Waals surface area (Å²) in [6.45, 7) is 6.59. The SMILES string of the molecule is CNCCN1CC(c2cc(C)ccc2C)N(C)C1=O. The molecule has 104 valence electrons. The average molecular weight is 261 g/mol. The molecule has 0 bridgehead atoms. The number of hydrogen-bond acceptors (Lipinski definition) is 2. The van der Waals surface area contributed by atoms with E-state index in [2.05, 4.69) is 37.4 Å². The Morgan fingerprint density at radius 2 is 2.11 bits per heavy atom. The molecule has 0 aromatic heterocycles. The number of likely N-dealkylation sites (N-methyl/N-ethyl adjacent to an activating group) is 2. The molecule has 1 heterocycles. The van der Waals surface area contributed by atoms with Crippen LogP contribution in [0.5, 0.6) is 0 Å². The number of nitrogens with one attached hydrogen (secondary N) is 1. The molecule has 4 heteroatoms. The van der Waals surface area contributed by atoms with Gasteiger partial charge in [-0.3, -0.25) is 0 Å². The molecule has 2 rings (SSSR count). The topological polar surface area (TPSA) is 35.6 Å². The molecule has 1 aliphatic rings. The summed E-state index contributed by atoms with van der Waals surface area (Å²) in [7, 11) is 3.81. The van der Waals surface area contributed by atoms with Gasteiger partial charge in [0.15, 0.2) is 0 Å². The van der Waals surface area contributed by atoms with E-state index in [1.54, 1.807) is 0 Å². The fourth-order valence-corrected chi connectivity index (χ4v) is 2.63. The first-order valence-electron chi connectivity index (χ1n) is 6.78. The van der Waals surface area contributed by atoms with Crippen LogP contribution in [0.25, 0.3) is 0 Å². The number of benzene rings is 1. The van der Waals surface area contributed by atoms with Crippen molar-refractivity contribution < 1.29 is 4.79 Å². The van der Waals surface area contributed by atoms with Crippen LogP contribution in [0, 0.1) is 13.8 Å². The summed E-state index contributed by atoms with van der Waals surface area (Å²) in [5.74, 6) is 0. The summed E-state index contributed by atoms with van der Waals surface area (Å²) < 4.78 is 0. The molecule has 1 saturated heterocycles. The van der Waals surface area contributed by atoms with Gasteiger partial charge >= 0.3 is 6.03 Å². The van der Waals surface area contributed by atoms with Crippen LogP contribution < -0.4 is 5.32 Å². The van der Waals surface area contributed by atoms with Crippen LogP contribution in [-0.2, 0) is 0 Å². The van der Waals surface area contributed by atoms with Crippen molar-refractivity contribution in [1.29, 1.82) is 0 Å². The van der Waals surface area contributed by atoms with E-state index in [1.165, 1.54) is 16.7 Å². The monoisotopic (exact) mass is 261 g/mol. The van der Waals surface area contributed by atoms with Crippen LogP contribution in [0.15, 0.2) is 18.2 Å². The Bertz CT molecular complexity index is 472. The first-order chi connectivity index (χ1) is 9.04. The standard InChI is InChI=1S/C15H23N3O/c1-11-5-6-12(2)13(9-11)14-10-18(8-7-16-3)15(19)17(14)4/h5-6,9,14,16H,7-8,10H2,1-4H3. The highest BCUT2D eigenvalue weighted by molar-refractivity contribution is 5.77. The largest absolute Gasteiger partial charge is 0.321 e. The van der Waals surface area contributed by atoms with Gasteiger partial charge in [0, 0.05) is 26.7 Å². The first kappa shape index (κ1) is 13.9. The highest BCUT2D eigenvalue weighted by Crippen LogP contribution is 2.30. The van der Waals surface area contributed by atoms with Gasteiger partial charge in [-0.05, 0) is 32.0 Å². The van der Waals surface area contributed by atoms with Crippen molar-refractivity contribution in [3.63, 3.8) is 0 Å². The van der Waals surface area contributed by atoms with Crippen LogP contribution in [0.2, 0.25) is 0 Å². The Balaban J connectivity index is 2.21. The van der Waals surface area contributed by atoms with Crippen LogP contribution in [0.3, 0.4) is 0 Å². The summed E-state index contributed by atoms with van der Waals surface area (Å²) in [5, 5.41) is 3.09. The van der Waals surface area contributed by atoms with E-state index >= 15 is 0 Å². The van der Waals surface area contributed by atoms with Crippen LogP contribution in [-0.4, -0.2) is 49.6 Å². The van der Waals surface area contributed by atoms with E-state index in [1.807, 2.05) is 23.9 Å². The lowest BCUT2D eigenvalue weighted by atomic mass is 9.99. The molecular weight excluding hydrogens is 238 g/mol. The molecule has 2 amide bonds. The number of rotatable bonds is 4. The maximum atomic E-state index is 12.2. The minimum absolute atomic E-state index is 0.126. The lowest BCUT2D eigenvalue weighted by Gasteiger charge is -2.20. The lowest BCUT2D eigenvalue weighted by molar-refractivity contribution is 0.196. The number of nitrogens with zero attached hydrogens (tertiary/aromatic N) is 2. The summed E-state index contributed by atoms with van der Waals surface area (Å²) >= 11 is 0. The molecule has 0 aliphatic carbocycles. The summed E-state index contributed by atoms with van der Waals surface area (Å²) in [6.07, 6.45) is 0. The minimum atomic E-state index is 0.126. The van der Waals surface area contributed by atoms with Gasteiger partial charge in [-0.2, -0.15) is 0 Å². The Hall–Kier alpha value is -1.55. The normalized spacial score (nSPS) is 19.4. The van der Waals surface area contributed by atoms with E-state index in [0.29, 0.717) is 0 Å². The van der Waals surface area contributed by atoms with Gasteiger partial charge < -0.3 is 15.1 Å². The molecule has 1 aromatic rings. The van der Waals surface area contributed by atoms with Gasteiger partial charge in [-0.1, -0.05) is 23.8 Å². The van der Waals surface area contributed by atoms with E-state index < -0.39 is 0 Å². The number of carbonyl (C=O) groups is 1. The molecular formula is C15H23N3O. The molecule has 1 fully saturated rings. The predicted molar refractivity (Wildman–Crippen MR) is 77.3 cm³/mol. The Morgan fingerprint density at radius 1 is 1.37 bits per heavy atom. The summed E-state index contributed by atoms with van der Waals surface area (Å²) in [4.78, 5) is 16.0. The van der Waals surface area contributed by atoms with Gasteiger partial charge in [0.2, 0.25) is 0 Å². The second-order valence-electron chi connectivity index (χ2n) is 5.32. The predicted octanol–water partition coefficient (Wildman–Crippen LogP) is 1.93. The number of urea groups is 1. The number of carbonyl (C=O) groups excluding carboxylic acids is 1. The Kier molecular flexibility index (Phi) is 4.10. The zero-order valence-electron chi connectivity index (χ0n) is 12.2. The van der Waals surface area contributed by atoms with Crippen LogP contribution in [0.4, 0.5) is 4.79 Å². The molecule has 4 nitrogen and oxygen atoms in total. The molecule has 0 spiro atoms. The molecule has 1 atom stereocenters. The second-order valence-corrected chi connectivity index (χ2v) is 5.32. The number of aryl methyl sites for hydroxylation is 2. The van der Waals surface area contributed by atoms with Gasteiger partial charge in [-0.25, -0.2) is 4.79 Å². The average Bonchev–Trinajstić information content (AvgIpc) is 2.67. The molecule has 19 heavy (non-hydrogen) atoms. The third-order valence-electron chi connectivity index (χ3n) is 3.86. The quantitative estimate of drug-likeness (QED) is 0.899. The highest BCUT2D eigenvalue weighted by atomic mass is 16.2. The van der Waals surface area contributed by atoms with E-state index in [9.17, 15) is 4.79 Å². The third kappa shape index (κ3) is 2.73. The number of amides is 2. The van der Waals surface area contributed by atoms with Gasteiger partial charge in [0.1, 0.15) is 0 Å². The Labute approximate surface area is 115 Å². The fourth-order valence-electron chi connectivity index (χ4n) is 2.63. The first-order valence-corrected chi connectivity index (χ1v) is 6.78. The fraction of sp³-hybridized carbons (Fsp3) is 0.533. The smallest absolute Gasteiger partial charge is 0.320 e. The molecule has 0 saturated carbocycles. The van der Waals surface area contributed by atoms with Gasteiger partial charge in [-0.15, -0.1) is 0 Å². The maximum Gasteiger partial charge on any atom is 0.320 e. The molecule has 1 aromatic carbocycles. The van der Waals surface area contributed by atoms with Crippen molar-refractivity contribution in [2.75, 3.05) is 33.7 Å². The zero-order chi connectivity index (χ0) is 14.0. The summed E-state index contributed by atoms with van der Waals surface area (Å²) in [5.41, 5.74) is 3.77. The highest BCUT2D eigenvalue weighted by Gasteiger charge is 2.35. The van der Waals surface area contributed by atoms with Gasteiger partial charge in [0.05, 0.1) is 6.04 Å². The van der Waals surface area contributed by atoms with Crippen LogP contribution >= 0.6 is 0 Å².